The van der Waals surface area contributed by atoms with Gasteiger partial charge in [-0.3, -0.25) is 15.0 Å². The van der Waals surface area contributed by atoms with Crippen molar-refractivity contribution in [2.24, 2.45) is 4.99 Å². The average Bonchev–Trinajstić information content (AvgIpc) is 3.16. The van der Waals surface area contributed by atoms with Gasteiger partial charge in [-0.2, -0.15) is 0 Å². The van der Waals surface area contributed by atoms with Crippen molar-refractivity contribution in [3.8, 4) is 0 Å². The number of imide groups is 1. The van der Waals surface area contributed by atoms with E-state index in [1.165, 1.54) is 4.90 Å². The fourth-order valence-electron chi connectivity index (χ4n) is 3.83. The maximum Gasteiger partial charge on any atom is 0.325 e. The standard InChI is InChI=1S/C19H23BrN6O2/c1-11-12(2)26-15-16(24(3)19(28)23-17(15)27)22-18(26)25(11)10-4-9-21-14-7-5-13(20)6-8-14/h5-8,15-16,21H,4,9-10H2,1-3H3,(H,23,27,28). The molecule has 0 aliphatic carbocycles. The number of likely N-dealkylation sites (N-methyl/N-ethyl adjacent to an activating group) is 1. The molecular formula is C19H23BrN6O2. The highest BCUT2D eigenvalue weighted by Crippen LogP contribution is 2.36. The Hall–Kier alpha value is -2.55. The Kier molecular flexibility index (Phi) is 4.78. The van der Waals surface area contributed by atoms with E-state index in [1.54, 1.807) is 7.05 Å². The largest absolute Gasteiger partial charge is 0.385 e. The van der Waals surface area contributed by atoms with Crippen molar-refractivity contribution in [2.75, 3.05) is 25.5 Å². The third kappa shape index (κ3) is 3.03. The molecule has 2 unspecified atom stereocenters. The molecule has 1 aromatic carbocycles. The minimum absolute atomic E-state index is 0.294. The molecule has 3 heterocycles. The van der Waals surface area contributed by atoms with Crippen LogP contribution in [0.25, 0.3) is 0 Å². The second-order valence-electron chi connectivity index (χ2n) is 7.17. The second kappa shape index (κ2) is 7.12. The van der Waals surface area contributed by atoms with Crippen molar-refractivity contribution in [3.05, 3.63) is 40.1 Å². The Morgan fingerprint density at radius 2 is 1.89 bits per heavy atom. The topological polar surface area (TPSA) is 80.3 Å². The van der Waals surface area contributed by atoms with Crippen molar-refractivity contribution >= 4 is 39.5 Å². The van der Waals surface area contributed by atoms with Crippen LogP contribution in [-0.2, 0) is 4.79 Å². The van der Waals surface area contributed by atoms with Crippen LogP contribution < -0.4 is 10.6 Å². The maximum absolute atomic E-state index is 12.4. The lowest BCUT2D eigenvalue weighted by atomic mass is 10.1. The molecular weight excluding hydrogens is 424 g/mol. The van der Waals surface area contributed by atoms with Crippen LogP contribution in [-0.4, -0.2) is 64.9 Å². The fraction of sp³-hybridized carbons (Fsp3) is 0.421. The Balaban J connectivity index is 1.44. The van der Waals surface area contributed by atoms with Gasteiger partial charge in [0.25, 0.3) is 5.91 Å². The van der Waals surface area contributed by atoms with Gasteiger partial charge in [-0.05, 0) is 44.5 Å². The van der Waals surface area contributed by atoms with Gasteiger partial charge in [0.05, 0.1) is 0 Å². The fourth-order valence-corrected chi connectivity index (χ4v) is 4.10. The smallest absolute Gasteiger partial charge is 0.325 e. The van der Waals surface area contributed by atoms with Gasteiger partial charge in [-0.25, -0.2) is 9.79 Å². The summed E-state index contributed by atoms with van der Waals surface area (Å²) in [5, 5.41) is 5.83. The van der Waals surface area contributed by atoms with Crippen molar-refractivity contribution < 1.29 is 9.59 Å². The summed E-state index contributed by atoms with van der Waals surface area (Å²) in [7, 11) is 1.67. The summed E-state index contributed by atoms with van der Waals surface area (Å²) in [5.74, 6) is 0.461. The van der Waals surface area contributed by atoms with Crippen molar-refractivity contribution in [1.29, 1.82) is 0 Å². The van der Waals surface area contributed by atoms with Gasteiger partial charge in [0.2, 0.25) is 5.96 Å². The molecule has 3 amide bonds. The predicted molar refractivity (Wildman–Crippen MR) is 110 cm³/mol. The molecule has 3 aliphatic heterocycles. The van der Waals surface area contributed by atoms with Crippen LogP contribution >= 0.6 is 15.9 Å². The molecule has 2 atom stereocenters. The number of urea groups is 1. The van der Waals surface area contributed by atoms with Crippen LogP contribution in [0, 0.1) is 0 Å². The maximum atomic E-state index is 12.4. The number of hydrogen-bond acceptors (Lipinski definition) is 6. The van der Waals surface area contributed by atoms with Crippen LogP contribution in [0.15, 0.2) is 45.1 Å². The van der Waals surface area contributed by atoms with E-state index in [1.807, 2.05) is 43.0 Å². The van der Waals surface area contributed by atoms with E-state index in [9.17, 15) is 9.59 Å². The summed E-state index contributed by atoms with van der Waals surface area (Å²) in [4.78, 5) is 34.7. The van der Waals surface area contributed by atoms with Crippen LogP contribution in [0.1, 0.15) is 20.3 Å². The first kappa shape index (κ1) is 18.8. The van der Waals surface area contributed by atoms with E-state index in [4.69, 9.17) is 4.99 Å². The summed E-state index contributed by atoms with van der Waals surface area (Å²) >= 11 is 3.44. The van der Waals surface area contributed by atoms with E-state index < -0.39 is 18.2 Å². The number of hydrogen-bond donors (Lipinski definition) is 2. The Morgan fingerprint density at radius 1 is 1.18 bits per heavy atom. The van der Waals surface area contributed by atoms with Gasteiger partial charge >= 0.3 is 6.03 Å². The Labute approximate surface area is 172 Å². The van der Waals surface area contributed by atoms with Gasteiger partial charge in [0.15, 0.2) is 12.2 Å². The molecule has 0 aromatic heterocycles. The first-order chi connectivity index (χ1) is 13.4. The molecule has 1 aromatic rings. The number of nitrogens with one attached hydrogen (secondary N) is 2. The van der Waals surface area contributed by atoms with Crippen molar-refractivity contribution in [1.82, 2.24) is 20.0 Å². The van der Waals surface area contributed by atoms with E-state index in [-0.39, 0.29) is 5.91 Å². The summed E-state index contributed by atoms with van der Waals surface area (Å²) in [6, 6.07) is 7.19. The van der Waals surface area contributed by atoms with E-state index in [0.717, 1.165) is 47.0 Å². The minimum Gasteiger partial charge on any atom is -0.385 e. The first-order valence-electron chi connectivity index (χ1n) is 9.27. The third-order valence-electron chi connectivity index (χ3n) is 5.50. The summed E-state index contributed by atoms with van der Waals surface area (Å²) in [5.41, 5.74) is 3.17. The predicted octanol–water partition coefficient (Wildman–Crippen LogP) is 2.37. The van der Waals surface area contributed by atoms with E-state index in [2.05, 4.69) is 31.5 Å². The highest BCUT2D eigenvalue weighted by Gasteiger charge is 2.52. The van der Waals surface area contributed by atoms with Gasteiger partial charge in [-0.15, -0.1) is 0 Å². The number of benzene rings is 1. The molecule has 3 aliphatic rings. The summed E-state index contributed by atoms with van der Waals surface area (Å²) < 4.78 is 1.06. The zero-order valence-corrected chi connectivity index (χ0v) is 17.7. The number of nitrogens with zero attached hydrogens (tertiary/aromatic N) is 4. The van der Waals surface area contributed by atoms with E-state index >= 15 is 0 Å². The third-order valence-corrected chi connectivity index (χ3v) is 6.03. The molecule has 0 radical (unpaired) electrons. The van der Waals surface area contributed by atoms with Gasteiger partial charge in [0.1, 0.15) is 0 Å². The lowest BCUT2D eigenvalue weighted by Gasteiger charge is -2.35. The molecule has 8 nitrogen and oxygen atoms in total. The number of anilines is 1. The number of amides is 3. The molecule has 148 valence electrons. The zero-order valence-electron chi connectivity index (χ0n) is 16.1. The molecule has 2 N–H and O–H groups in total. The van der Waals surface area contributed by atoms with Crippen LogP contribution in [0.2, 0.25) is 0 Å². The van der Waals surface area contributed by atoms with Crippen LogP contribution in [0.3, 0.4) is 0 Å². The number of rotatable bonds is 5. The van der Waals surface area contributed by atoms with E-state index in [0.29, 0.717) is 0 Å². The van der Waals surface area contributed by atoms with Gasteiger partial charge < -0.3 is 15.1 Å². The lowest BCUT2D eigenvalue weighted by Crippen LogP contribution is -2.63. The highest BCUT2D eigenvalue weighted by atomic mass is 79.9. The number of fused-ring (bicyclic) bond motifs is 3. The molecule has 0 spiro atoms. The Morgan fingerprint density at radius 3 is 2.61 bits per heavy atom. The minimum atomic E-state index is -0.501. The monoisotopic (exact) mass is 446 g/mol. The molecule has 0 saturated carbocycles. The van der Waals surface area contributed by atoms with Gasteiger partial charge in [-0.1, -0.05) is 15.9 Å². The summed E-state index contributed by atoms with van der Waals surface area (Å²) in [6.07, 6.45) is 0.423. The van der Waals surface area contributed by atoms with Gasteiger partial charge in [0, 0.05) is 41.7 Å². The summed E-state index contributed by atoms with van der Waals surface area (Å²) in [6.45, 7) is 5.64. The Bertz CT molecular complexity index is 881. The molecule has 28 heavy (non-hydrogen) atoms. The molecule has 4 rings (SSSR count). The van der Waals surface area contributed by atoms with Crippen molar-refractivity contribution in [3.63, 3.8) is 0 Å². The molecule has 9 heteroatoms. The number of guanidine groups is 1. The van der Waals surface area contributed by atoms with Crippen LogP contribution in [0.5, 0.6) is 0 Å². The lowest BCUT2D eigenvalue weighted by molar-refractivity contribution is -0.126. The van der Waals surface area contributed by atoms with Crippen LogP contribution in [0.4, 0.5) is 10.5 Å². The first-order valence-corrected chi connectivity index (χ1v) is 10.1. The SMILES string of the molecule is CC1=C(C)N2C(=NC3C2C(=O)NC(=O)N3C)N1CCCNc1ccc(Br)cc1. The number of aliphatic imine (C=N–C) groups is 1. The number of carbonyl (C=O) groups excluding carboxylic acids is 2. The number of carbonyl (C=O) groups is 2. The molecule has 0 bridgehead atoms. The molecule has 1 saturated heterocycles. The van der Waals surface area contributed by atoms with Crippen molar-refractivity contribution in [2.45, 2.75) is 32.5 Å². The quantitative estimate of drug-likeness (QED) is 0.678. The highest BCUT2D eigenvalue weighted by molar-refractivity contribution is 9.10. The normalized spacial score (nSPS) is 23.7. The molecule has 1 fully saturated rings. The number of halogens is 1. The number of allylic oxidation sites excluding steroid dienone is 2. The zero-order chi connectivity index (χ0) is 20.0. The second-order valence-corrected chi connectivity index (χ2v) is 8.09. The average molecular weight is 447 g/mol.